The molecule has 0 aromatic heterocycles. The molecule has 0 amide bonds. The van der Waals surface area contributed by atoms with Crippen LogP contribution in [0.25, 0.3) is 0 Å². The Kier molecular flexibility index (Phi) is 11.4. The van der Waals surface area contributed by atoms with Gasteiger partial charge in [-0.2, -0.15) is 0 Å². The van der Waals surface area contributed by atoms with Crippen molar-refractivity contribution in [1.29, 1.82) is 0 Å². The van der Waals surface area contributed by atoms with Crippen LogP contribution < -0.4 is 4.74 Å². The smallest absolute Gasteiger partial charge is 0.123 e. The Morgan fingerprint density at radius 3 is 2.00 bits per heavy atom. The Bertz CT molecular complexity index is 533. The Balaban J connectivity index is 1.42. The van der Waals surface area contributed by atoms with E-state index in [2.05, 4.69) is 37.8 Å². The van der Waals surface area contributed by atoms with E-state index in [0.717, 1.165) is 18.8 Å². The molecule has 0 radical (unpaired) electrons. The first-order valence-electron chi connectivity index (χ1n) is 11.7. The minimum Gasteiger partial charge on any atom is -0.490 e. The highest BCUT2D eigenvalue weighted by molar-refractivity contribution is 5.33. The van der Waals surface area contributed by atoms with E-state index in [-0.39, 0.29) is 5.60 Å². The van der Waals surface area contributed by atoms with Crippen LogP contribution in [0.5, 0.6) is 5.75 Å². The molecular formula is C26H42O2. The third-order valence-corrected chi connectivity index (χ3v) is 5.75. The maximum absolute atomic E-state index is 6.00. The average molecular weight is 387 g/mol. The van der Waals surface area contributed by atoms with Crippen LogP contribution in [-0.4, -0.2) is 18.8 Å². The van der Waals surface area contributed by atoms with E-state index >= 15 is 0 Å². The van der Waals surface area contributed by atoms with Gasteiger partial charge in [-0.25, -0.2) is 0 Å². The topological polar surface area (TPSA) is 21.8 Å². The summed E-state index contributed by atoms with van der Waals surface area (Å²) in [5.41, 5.74) is 1.30. The molecule has 1 unspecified atom stereocenters. The highest BCUT2D eigenvalue weighted by atomic mass is 16.6. The van der Waals surface area contributed by atoms with Gasteiger partial charge in [0.15, 0.2) is 0 Å². The number of rotatable bonds is 18. The van der Waals surface area contributed by atoms with E-state index in [4.69, 9.17) is 9.47 Å². The maximum atomic E-state index is 6.00. The Morgan fingerprint density at radius 2 is 1.43 bits per heavy atom. The van der Waals surface area contributed by atoms with E-state index < -0.39 is 0 Å². The van der Waals surface area contributed by atoms with Crippen LogP contribution in [0.2, 0.25) is 0 Å². The Labute approximate surface area is 173 Å². The van der Waals surface area contributed by atoms with Gasteiger partial charge in [0.05, 0.1) is 6.61 Å². The van der Waals surface area contributed by atoms with Crippen molar-refractivity contribution in [3.05, 3.63) is 42.5 Å². The summed E-state index contributed by atoms with van der Waals surface area (Å²) in [4.78, 5) is 0. The fraction of sp³-hybridized carbons (Fsp3) is 0.692. The number of para-hydroxylation sites is 1. The summed E-state index contributed by atoms with van der Waals surface area (Å²) in [6.07, 6.45) is 20.9. The van der Waals surface area contributed by atoms with Gasteiger partial charge >= 0.3 is 0 Å². The lowest BCUT2D eigenvalue weighted by molar-refractivity contribution is 0.201. The average Bonchev–Trinajstić information content (AvgIpc) is 3.45. The van der Waals surface area contributed by atoms with Crippen molar-refractivity contribution in [3.63, 3.8) is 0 Å². The van der Waals surface area contributed by atoms with Crippen molar-refractivity contribution in [3.8, 4) is 5.75 Å². The predicted octanol–water partition coefficient (Wildman–Crippen LogP) is 7.65. The Hall–Kier alpha value is -1.28. The van der Waals surface area contributed by atoms with Crippen LogP contribution in [0.1, 0.15) is 96.0 Å². The van der Waals surface area contributed by atoms with Gasteiger partial charge in [-0.3, -0.25) is 0 Å². The SMILES string of the molecule is C=CCCCCCCCCCCCCCCc1ccccc1OCC1(C)CO1. The molecule has 1 atom stereocenters. The normalized spacial score (nSPS) is 18.2. The molecule has 2 heteroatoms. The number of benzene rings is 1. The van der Waals surface area contributed by atoms with Gasteiger partial charge in [-0.1, -0.05) is 88.5 Å². The molecule has 0 spiro atoms. The molecule has 1 fully saturated rings. The first kappa shape index (κ1) is 23.0. The molecule has 0 N–H and O–H groups in total. The summed E-state index contributed by atoms with van der Waals surface area (Å²) in [5, 5.41) is 0. The molecule has 2 rings (SSSR count). The van der Waals surface area contributed by atoms with Crippen LogP contribution in [-0.2, 0) is 11.2 Å². The number of aryl methyl sites for hydroxylation is 1. The van der Waals surface area contributed by atoms with Crippen LogP contribution in [0.4, 0.5) is 0 Å². The van der Waals surface area contributed by atoms with Gasteiger partial charge in [-0.05, 0) is 44.2 Å². The second kappa shape index (κ2) is 13.8. The molecule has 28 heavy (non-hydrogen) atoms. The highest BCUT2D eigenvalue weighted by Crippen LogP contribution is 2.28. The third kappa shape index (κ3) is 10.3. The van der Waals surface area contributed by atoms with Crippen LogP contribution >= 0.6 is 0 Å². The zero-order chi connectivity index (χ0) is 19.9. The van der Waals surface area contributed by atoms with Crippen molar-refractivity contribution in [2.24, 2.45) is 0 Å². The second-order valence-corrected chi connectivity index (χ2v) is 8.70. The number of unbranched alkanes of at least 4 members (excludes halogenated alkanes) is 12. The van der Waals surface area contributed by atoms with E-state index in [1.807, 2.05) is 6.08 Å². The molecule has 0 saturated carbocycles. The zero-order valence-corrected chi connectivity index (χ0v) is 18.2. The fourth-order valence-electron chi connectivity index (χ4n) is 3.66. The van der Waals surface area contributed by atoms with Crippen molar-refractivity contribution in [2.45, 2.75) is 102 Å². The van der Waals surface area contributed by atoms with Gasteiger partial charge in [0, 0.05) is 0 Å². The van der Waals surface area contributed by atoms with E-state index in [0.29, 0.717) is 6.61 Å². The van der Waals surface area contributed by atoms with Crippen molar-refractivity contribution >= 4 is 0 Å². The van der Waals surface area contributed by atoms with E-state index in [1.165, 1.54) is 89.0 Å². The molecule has 1 aromatic rings. The number of allylic oxidation sites excluding steroid dienone is 1. The van der Waals surface area contributed by atoms with E-state index in [1.54, 1.807) is 0 Å². The quantitative estimate of drug-likeness (QED) is 0.147. The number of hydrogen-bond donors (Lipinski definition) is 0. The third-order valence-electron chi connectivity index (χ3n) is 5.75. The largest absolute Gasteiger partial charge is 0.490 e. The number of epoxide rings is 1. The summed E-state index contributed by atoms with van der Waals surface area (Å²) < 4.78 is 11.4. The molecule has 1 heterocycles. The molecule has 1 aliphatic rings. The first-order valence-corrected chi connectivity index (χ1v) is 11.7. The number of hydrogen-bond acceptors (Lipinski definition) is 2. The van der Waals surface area contributed by atoms with Crippen LogP contribution in [0, 0.1) is 0 Å². The van der Waals surface area contributed by atoms with Crippen molar-refractivity contribution < 1.29 is 9.47 Å². The standard InChI is InChI=1S/C26H42O2/c1-3-4-5-6-7-8-9-10-11-12-13-14-15-16-19-24-20-17-18-21-25(24)27-22-26(2)23-28-26/h3,17-18,20-21H,1,4-16,19,22-23H2,2H3. The Morgan fingerprint density at radius 1 is 0.893 bits per heavy atom. The van der Waals surface area contributed by atoms with Crippen LogP contribution in [0.3, 0.4) is 0 Å². The minimum absolute atomic E-state index is 0.0430. The van der Waals surface area contributed by atoms with Gasteiger partial charge in [0.1, 0.15) is 18.0 Å². The van der Waals surface area contributed by atoms with Crippen molar-refractivity contribution in [2.75, 3.05) is 13.2 Å². The zero-order valence-electron chi connectivity index (χ0n) is 18.2. The molecule has 1 saturated heterocycles. The van der Waals surface area contributed by atoms with Gasteiger partial charge in [0.25, 0.3) is 0 Å². The highest BCUT2D eigenvalue weighted by Gasteiger charge is 2.40. The molecular weight excluding hydrogens is 344 g/mol. The van der Waals surface area contributed by atoms with E-state index in [9.17, 15) is 0 Å². The monoisotopic (exact) mass is 386 g/mol. The molecule has 158 valence electrons. The van der Waals surface area contributed by atoms with Crippen molar-refractivity contribution in [1.82, 2.24) is 0 Å². The fourth-order valence-corrected chi connectivity index (χ4v) is 3.66. The minimum atomic E-state index is -0.0430. The summed E-state index contributed by atoms with van der Waals surface area (Å²) in [5.74, 6) is 1.05. The first-order chi connectivity index (χ1) is 13.7. The maximum Gasteiger partial charge on any atom is 0.123 e. The summed E-state index contributed by atoms with van der Waals surface area (Å²) in [7, 11) is 0. The molecule has 2 nitrogen and oxygen atoms in total. The molecule has 0 aliphatic carbocycles. The summed E-state index contributed by atoms with van der Waals surface area (Å²) in [6, 6.07) is 8.50. The lowest BCUT2D eigenvalue weighted by atomic mass is 10.0. The predicted molar refractivity (Wildman–Crippen MR) is 120 cm³/mol. The van der Waals surface area contributed by atoms with Gasteiger partial charge in [0.2, 0.25) is 0 Å². The molecule has 1 aromatic carbocycles. The number of ether oxygens (including phenoxy) is 2. The lowest BCUT2D eigenvalue weighted by Gasteiger charge is -2.13. The van der Waals surface area contributed by atoms with Crippen LogP contribution in [0.15, 0.2) is 36.9 Å². The van der Waals surface area contributed by atoms with Gasteiger partial charge in [-0.15, -0.1) is 6.58 Å². The van der Waals surface area contributed by atoms with Gasteiger partial charge < -0.3 is 9.47 Å². The summed E-state index contributed by atoms with van der Waals surface area (Å²) in [6.45, 7) is 7.38. The summed E-state index contributed by atoms with van der Waals surface area (Å²) >= 11 is 0. The molecule has 0 bridgehead atoms. The second-order valence-electron chi connectivity index (χ2n) is 8.70. The lowest BCUT2D eigenvalue weighted by Crippen LogP contribution is -2.17. The molecule has 1 aliphatic heterocycles.